The zero-order valence-electron chi connectivity index (χ0n) is 20.9. The number of hydrogen-bond donors (Lipinski definition) is 3. The summed E-state index contributed by atoms with van der Waals surface area (Å²) in [5.41, 5.74) is 21.1. The highest BCUT2D eigenvalue weighted by Gasteiger charge is 2.32. The number of anilines is 3. The van der Waals surface area contributed by atoms with Crippen molar-refractivity contribution in [2.75, 3.05) is 43.9 Å². The van der Waals surface area contributed by atoms with Crippen LogP contribution in [0.5, 0.6) is 0 Å². The van der Waals surface area contributed by atoms with Crippen LogP contribution in [0.3, 0.4) is 0 Å². The van der Waals surface area contributed by atoms with Gasteiger partial charge in [-0.3, -0.25) is 0 Å². The first-order valence-electron chi connectivity index (χ1n) is 11.0. The molecule has 190 valence electrons. The van der Waals surface area contributed by atoms with Gasteiger partial charge in [-0.25, -0.2) is 0 Å². The maximum Gasteiger partial charge on any atom is 0.143 e. The predicted molar refractivity (Wildman–Crippen MR) is 156 cm³/mol. The van der Waals surface area contributed by atoms with Crippen LogP contribution in [0.25, 0.3) is 0 Å². The Labute approximate surface area is 217 Å². The number of halogens is 1. The van der Waals surface area contributed by atoms with Crippen molar-refractivity contribution < 1.29 is 13.7 Å². The molecule has 3 aromatic rings. The predicted octanol–water partition coefficient (Wildman–Crippen LogP) is 4.28. The number of benzene rings is 3. The maximum atomic E-state index is 14.3. The van der Waals surface area contributed by atoms with Crippen molar-refractivity contribution in [3.05, 3.63) is 64.2 Å². The molecular formula is C25H30ClN4O3P3. The third kappa shape index (κ3) is 5.44. The van der Waals surface area contributed by atoms with Gasteiger partial charge in [0.15, 0.2) is 0 Å². The van der Waals surface area contributed by atoms with Crippen LogP contribution in [0.15, 0.2) is 42.5 Å². The number of nitrogens with zero attached hydrogens (tertiary/aromatic N) is 1. The molecule has 2 unspecified atom stereocenters. The van der Waals surface area contributed by atoms with Gasteiger partial charge in [0.25, 0.3) is 0 Å². The summed E-state index contributed by atoms with van der Waals surface area (Å²) in [5, 5.41) is 11.6. The molecule has 0 radical (unpaired) electrons. The normalized spacial score (nSPS) is 15.0. The zero-order chi connectivity index (χ0) is 27.2. The molecule has 0 aliphatic heterocycles. The second-order valence-electron chi connectivity index (χ2n) is 9.63. The Kier molecular flexibility index (Phi) is 7.63. The van der Waals surface area contributed by atoms with Crippen molar-refractivity contribution in [1.29, 1.82) is 5.26 Å². The quantitative estimate of drug-likeness (QED) is 0.299. The first kappa shape index (κ1) is 28.1. The van der Waals surface area contributed by atoms with E-state index in [0.29, 0.717) is 32.2 Å². The molecule has 0 saturated heterocycles. The van der Waals surface area contributed by atoms with Crippen molar-refractivity contribution in [3.8, 4) is 6.07 Å². The second-order valence-corrected chi connectivity index (χ2v) is 19.1. The Morgan fingerprint density at radius 3 is 2.06 bits per heavy atom. The zero-order valence-corrected chi connectivity index (χ0v) is 24.3. The van der Waals surface area contributed by atoms with Crippen molar-refractivity contribution in [2.24, 2.45) is 0 Å². The van der Waals surface area contributed by atoms with Gasteiger partial charge in [0.1, 0.15) is 21.4 Å². The summed E-state index contributed by atoms with van der Waals surface area (Å²) in [6, 6.07) is 13.4. The Bertz CT molecular complexity index is 1570. The SMILES string of the molecule is Cc1cc(CP(C)(=O)c2cc(Cl)ccc2N)c(N)c(P(C)(=O)c2cc(N)c(P(C)(C)=O)cc2C#N)c1. The number of rotatable bonds is 6. The van der Waals surface area contributed by atoms with Crippen molar-refractivity contribution in [3.63, 3.8) is 0 Å². The van der Waals surface area contributed by atoms with Gasteiger partial charge >= 0.3 is 0 Å². The summed E-state index contributed by atoms with van der Waals surface area (Å²) < 4.78 is 40.7. The van der Waals surface area contributed by atoms with E-state index in [9.17, 15) is 19.0 Å². The Hall–Kier alpha value is -2.47. The van der Waals surface area contributed by atoms with Gasteiger partial charge in [0.05, 0.1) is 11.6 Å². The molecule has 0 aromatic heterocycles. The standard InChI is InChI=1S/C25H30ClN4O3P3/c1-15-8-17(14-35(4,32)23-11-18(26)6-7-19(23)28)25(30)24(9-15)36(5,33)21-12-20(29)22(34(2,3)31)10-16(21)13-27/h6-12H,14,28-30H2,1-5H3. The fourth-order valence-electron chi connectivity index (χ4n) is 4.30. The van der Waals surface area contributed by atoms with E-state index in [1.165, 1.54) is 18.8 Å². The molecule has 0 saturated carbocycles. The van der Waals surface area contributed by atoms with E-state index in [2.05, 4.69) is 6.07 Å². The summed E-state index contributed by atoms with van der Waals surface area (Å²) in [5.74, 6) is 0. The highest BCUT2D eigenvalue weighted by Crippen LogP contribution is 2.49. The highest BCUT2D eigenvalue weighted by molar-refractivity contribution is 7.78. The number of nitriles is 1. The molecule has 0 fully saturated rings. The van der Waals surface area contributed by atoms with Crippen LogP contribution in [0.4, 0.5) is 17.1 Å². The smallest absolute Gasteiger partial charge is 0.143 e. The third-order valence-corrected chi connectivity index (χ3v) is 12.8. The van der Waals surface area contributed by atoms with Crippen LogP contribution in [0, 0.1) is 18.3 Å². The minimum atomic E-state index is -3.45. The third-order valence-electron chi connectivity index (χ3n) is 6.13. The van der Waals surface area contributed by atoms with Crippen molar-refractivity contribution in [1.82, 2.24) is 0 Å². The fourth-order valence-corrected chi connectivity index (χ4v) is 10.1. The lowest BCUT2D eigenvalue weighted by Gasteiger charge is -2.23. The Balaban J connectivity index is 2.19. The van der Waals surface area contributed by atoms with Crippen LogP contribution in [0.1, 0.15) is 16.7 Å². The van der Waals surface area contributed by atoms with Gasteiger partial charge in [-0.05, 0) is 81.1 Å². The van der Waals surface area contributed by atoms with Crippen molar-refractivity contribution in [2.45, 2.75) is 13.1 Å². The van der Waals surface area contributed by atoms with Crippen LogP contribution in [-0.2, 0) is 19.9 Å². The molecule has 6 N–H and O–H groups in total. The molecule has 11 heteroatoms. The van der Waals surface area contributed by atoms with E-state index in [-0.39, 0.29) is 28.4 Å². The van der Waals surface area contributed by atoms with Crippen molar-refractivity contribution >= 4 is 71.3 Å². The minimum Gasteiger partial charge on any atom is -0.398 e. The summed E-state index contributed by atoms with van der Waals surface area (Å²) in [7, 11) is -9.27. The summed E-state index contributed by atoms with van der Waals surface area (Å²) in [6.07, 6.45) is 0.0824. The molecule has 3 rings (SSSR count). The molecule has 0 amide bonds. The average molecular weight is 563 g/mol. The largest absolute Gasteiger partial charge is 0.398 e. The minimum absolute atomic E-state index is 0.0824. The van der Waals surface area contributed by atoms with E-state index in [1.807, 2.05) is 13.0 Å². The molecule has 0 bridgehead atoms. The summed E-state index contributed by atoms with van der Waals surface area (Å²) in [4.78, 5) is 0. The first-order chi connectivity index (χ1) is 16.5. The van der Waals surface area contributed by atoms with E-state index < -0.39 is 21.4 Å². The van der Waals surface area contributed by atoms with Gasteiger partial charge in [0.2, 0.25) is 0 Å². The van der Waals surface area contributed by atoms with Gasteiger partial charge in [0, 0.05) is 49.5 Å². The number of aryl methyl sites for hydroxylation is 1. The molecule has 0 aliphatic carbocycles. The van der Waals surface area contributed by atoms with Gasteiger partial charge < -0.3 is 30.9 Å². The molecule has 0 heterocycles. The first-order valence-corrected chi connectivity index (χ1v) is 18.4. The number of nitrogens with two attached hydrogens (primary N) is 3. The highest BCUT2D eigenvalue weighted by atomic mass is 35.5. The fraction of sp³-hybridized carbons (Fsp3) is 0.240. The molecular weight excluding hydrogens is 533 g/mol. The molecule has 2 atom stereocenters. The topological polar surface area (TPSA) is 153 Å². The summed E-state index contributed by atoms with van der Waals surface area (Å²) >= 11 is 6.12. The van der Waals surface area contributed by atoms with Crippen LogP contribution >= 0.6 is 33.0 Å². The van der Waals surface area contributed by atoms with E-state index in [0.717, 1.165) is 5.56 Å². The second kappa shape index (κ2) is 9.77. The van der Waals surface area contributed by atoms with Crippen LogP contribution in [-0.4, -0.2) is 26.7 Å². The van der Waals surface area contributed by atoms with E-state index >= 15 is 0 Å². The maximum absolute atomic E-state index is 14.3. The van der Waals surface area contributed by atoms with Crippen LogP contribution in [0.2, 0.25) is 5.02 Å². The number of hydrogen-bond acceptors (Lipinski definition) is 7. The summed E-state index contributed by atoms with van der Waals surface area (Å²) in [6.45, 7) is 8.09. The monoisotopic (exact) mass is 562 g/mol. The molecule has 36 heavy (non-hydrogen) atoms. The van der Waals surface area contributed by atoms with E-state index in [1.54, 1.807) is 44.3 Å². The lowest BCUT2D eigenvalue weighted by molar-refractivity contribution is 0.584. The lowest BCUT2D eigenvalue weighted by Crippen LogP contribution is -2.25. The lowest BCUT2D eigenvalue weighted by atomic mass is 10.1. The van der Waals surface area contributed by atoms with Gasteiger partial charge in [-0.2, -0.15) is 5.26 Å². The number of nitrogen functional groups attached to an aromatic ring is 3. The van der Waals surface area contributed by atoms with Gasteiger partial charge in [-0.15, -0.1) is 0 Å². The molecule has 7 nitrogen and oxygen atoms in total. The molecule has 0 spiro atoms. The Morgan fingerprint density at radius 1 is 0.833 bits per heavy atom. The van der Waals surface area contributed by atoms with Crippen LogP contribution < -0.4 is 38.4 Å². The average Bonchev–Trinajstić information content (AvgIpc) is 2.76. The molecule has 3 aromatic carbocycles. The van der Waals surface area contributed by atoms with Gasteiger partial charge in [-0.1, -0.05) is 17.7 Å². The van der Waals surface area contributed by atoms with E-state index in [4.69, 9.17) is 28.8 Å². The Morgan fingerprint density at radius 2 is 1.47 bits per heavy atom. The molecule has 0 aliphatic rings.